The summed E-state index contributed by atoms with van der Waals surface area (Å²) < 4.78 is 2.02. The second-order valence-corrected chi connectivity index (χ2v) is 10.2. The lowest BCUT2D eigenvalue weighted by Gasteiger charge is -2.19. The van der Waals surface area contributed by atoms with E-state index in [-0.39, 0.29) is 11.3 Å². The highest BCUT2D eigenvalue weighted by Crippen LogP contribution is 2.39. The number of carbonyl (C=O) groups excluding carboxylic acids is 1. The van der Waals surface area contributed by atoms with Crippen LogP contribution in [0.1, 0.15) is 57.6 Å². The molecular formula is C24H28ClN5O2. The minimum absolute atomic E-state index is 0.148. The summed E-state index contributed by atoms with van der Waals surface area (Å²) in [5.74, 6) is -0.357. The molecule has 3 aromatic heterocycles. The Hall–Kier alpha value is -2.77. The molecule has 0 radical (unpaired) electrons. The van der Waals surface area contributed by atoms with E-state index in [1.54, 1.807) is 51.2 Å². The van der Waals surface area contributed by atoms with E-state index in [4.69, 9.17) is 11.6 Å². The van der Waals surface area contributed by atoms with E-state index in [2.05, 4.69) is 34.2 Å². The summed E-state index contributed by atoms with van der Waals surface area (Å²) in [7, 11) is 0. The Labute approximate surface area is 192 Å². The van der Waals surface area contributed by atoms with Crippen LogP contribution in [0.5, 0.6) is 0 Å². The smallest absolute Gasteiger partial charge is 0.234 e. The zero-order chi connectivity index (χ0) is 23.3. The van der Waals surface area contributed by atoms with Gasteiger partial charge in [-0.25, -0.2) is 4.98 Å². The zero-order valence-electron chi connectivity index (χ0n) is 19.0. The summed E-state index contributed by atoms with van der Waals surface area (Å²) >= 11 is 6.47. The van der Waals surface area contributed by atoms with Gasteiger partial charge in [0, 0.05) is 29.6 Å². The van der Waals surface area contributed by atoms with Gasteiger partial charge >= 0.3 is 0 Å². The van der Waals surface area contributed by atoms with Crippen LogP contribution < -0.4 is 5.32 Å². The van der Waals surface area contributed by atoms with Gasteiger partial charge in [0.15, 0.2) is 0 Å². The van der Waals surface area contributed by atoms with Gasteiger partial charge in [0.05, 0.1) is 28.5 Å². The normalized spacial score (nSPS) is 16.0. The van der Waals surface area contributed by atoms with Crippen LogP contribution in [-0.4, -0.2) is 30.8 Å². The molecule has 0 unspecified atom stereocenters. The van der Waals surface area contributed by atoms with Gasteiger partial charge in [-0.05, 0) is 50.8 Å². The number of aromatic nitrogens is 4. The van der Waals surface area contributed by atoms with E-state index in [0.29, 0.717) is 22.2 Å². The van der Waals surface area contributed by atoms with E-state index in [1.807, 2.05) is 10.9 Å². The lowest BCUT2D eigenvalue weighted by atomic mass is 9.89. The van der Waals surface area contributed by atoms with Crippen molar-refractivity contribution < 1.29 is 9.90 Å². The summed E-state index contributed by atoms with van der Waals surface area (Å²) in [6.45, 7) is 10.4. The SMILES string of the molecule is C[C@H](C(=O)Nc1cc(-c2cnn3c2CC(C)(C)C3)c(Cl)cn1)c1cccc(C(C)(C)O)n1. The number of hydrogen-bond donors (Lipinski definition) is 2. The molecule has 32 heavy (non-hydrogen) atoms. The summed E-state index contributed by atoms with van der Waals surface area (Å²) in [6, 6.07) is 7.10. The monoisotopic (exact) mass is 453 g/mol. The van der Waals surface area contributed by atoms with Crippen molar-refractivity contribution in [2.24, 2.45) is 5.41 Å². The Kier molecular flexibility index (Phi) is 5.59. The minimum Gasteiger partial charge on any atom is -0.384 e. The van der Waals surface area contributed by atoms with Gasteiger partial charge in [-0.2, -0.15) is 5.10 Å². The molecule has 4 heterocycles. The molecule has 0 spiro atoms. The topological polar surface area (TPSA) is 92.9 Å². The Morgan fingerprint density at radius 1 is 1.28 bits per heavy atom. The molecule has 7 nitrogen and oxygen atoms in total. The number of anilines is 1. The van der Waals surface area contributed by atoms with Crippen molar-refractivity contribution in [1.29, 1.82) is 0 Å². The van der Waals surface area contributed by atoms with Crippen LogP contribution in [0.3, 0.4) is 0 Å². The van der Waals surface area contributed by atoms with Gasteiger partial charge in [0.25, 0.3) is 0 Å². The predicted molar refractivity (Wildman–Crippen MR) is 124 cm³/mol. The van der Waals surface area contributed by atoms with Crippen molar-refractivity contribution in [2.45, 2.75) is 59.1 Å². The number of nitrogens with zero attached hydrogens (tertiary/aromatic N) is 4. The third-order valence-corrected chi connectivity index (χ3v) is 6.10. The molecule has 168 valence electrons. The molecule has 1 atom stereocenters. The van der Waals surface area contributed by atoms with Crippen LogP contribution in [0.4, 0.5) is 5.82 Å². The first-order chi connectivity index (χ1) is 14.9. The van der Waals surface area contributed by atoms with Crippen molar-refractivity contribution in [3.05, 3.63) is 58.8 Å². The number of aliphatic hydroxyl groups is 1. The summed E-state index contributed by atoms with van der Waals surface area (Å²) in [5.41, 5.74) is 3.06. The minimum atomic E-state index is -1.08. The Bertz CT molecular complexity index is 1180. The quantitative estimate of drug-likeness (QED) is 0.591. The number of amides is 1. The van der Waals surface area contributed by atoms with Gasteiger partial charge in [-0.1, -0.05) is 31.5 Å². The van der Waals surface area contributed by atoms with Gasteiger partial charge in [-0.15, -0.1) is 0 Å². The van der Waals surface area contributed by atoms with Crippen molar-refractivity contribution >= 4 is 23.3 Å². The maximum Gasteiger partial charge on any atom is 0.234 e. The van der Waals surface area contributed by atoms with E-state index in [0.717, 1.165) is 29.8 Å². The first-order valence-corrected chi connectivity index (χ1v) is 11.0. The molecule has 1 aliphatic rings. The number of rotatable bonds is 5. The molecule has 0 saturated carbocycles. The lowest BCUT2D eigenvalue weighted by Crippen LogP contribution is -2.23. The van der Waals surface area contributed by atoms with E-state index in [9.17, 15) is 9.90 Å². The molecule has 3 aromatic rings. The van der Waals surface area contributed by atoms with Crippen LogP contribution in [0.25, 0.3) is 11.1 Å². The van der Waals surface area contributed by atoms with Crippen molar-refractivity contribution in [2.75, 3.05) is 5.32 Å². The first kappa shape index (κ1) is 22.4. The molecule has 0 fully saturated rings. The van der Waals surface area contributed by atoms with Crippen LogP contribution in [-0.2, 0) is 23.4 Å². The predicted octanol–water partition coefficient (Wildman–Crippen LogP) is 4.55. The largest absolute Gasteiger partial charge is 0.384 e. The van der Waals surface area contributed by atoms with Gasteiger partial charge in [0.1, 0.15) is 11.4 Å². The zero-order valence-corrected chi connectivity index (χ0v) is 19.7. The third kappa shape index (κ3) is 4.40. The van der Waals surface area contributed by atoms with Crippen LogP contribution in [0.2, 0.25) is 5.02 Å². The summed E-state index contributed by atoms with van der Waals surface area (Å²) in [4.78, 5) is 21.7. The van der Waals surface area contributed by atoms with Crippen LogP contribution >= 0.6 is 11.6 Å². The highest BCUT2D eigenvalue weighted by Gasteiger charge is 2.32. The summed E-state index contributed by atoms with van der Waals surface area (Å²) in [6.07, 6.45) is 4.28. The Morgan fingerprint density at radius 3 is 2.75 bits per heavy atom. The van der Waals surface area contributed by atoms with Crippen molar-refractivity contribution in [3.8, 4) is 11.1 Å². The maximum absolute atomic E-state index is 12.9. The molecule has 1 amide bonds. The number of halogens is 1. The molecule has 0 saturated heterocycles. The molecule has 4 rings (SSSR count). The van der Waals surface area contributed by atoms with Gasteiger partial charge in [-0.3, -0.25) is 14.5 Å². The van der Waals surface area contributed by atoms with Crippen LogP contribution in [0, 0.1) is 5.41 Å². The second kappa shape index (κ2) is 7.98. The summed E-state index contributed by atoms with van der Waals surface area (Å²) in [5, 5.41) is 18.1. The number of nitrogens with one attached hydrogen (secondary N) is 1. The molecular weight excluding hydrogens is 426 g/mol. The molecule has 0 bridgehead atoms. The lowest BCUT2D eigenvalue weighted by molar-refractivity contribution is -0.117. The highest BCUT2D eigenvalue weighted by atomic mass is 35.5. The standard InChI is InChI=1S/C24H28ClN5O2/c1-14(18-7-6-8-20(28-18)24(4,5)32)22(31)29-21-9-15(17(25)12-26-21)16-11-27-30-13-23(2,3)10-19(16)30/h6-9,11-12,14,32H,10,13H2,1-5H3,(H,26,29,31)/t14-/m0/s1. The molecule has 8 heteroatoms. The van der Waals surface area contributed by atoms with Gasteiger partial charge in [0.2, 0.25) is 5.91 Å². The number of carbonyl (C=O) groups is 1. The number of pyridine rings is 2. The first-order valence-electron chi connectivity index (χ1n) is 10.7. The molecule has 2 N–H and O–H groups in total. The Morgan fingerprint density at radius 2 is 2.03 bits per heavy atom. The maximum atomic E-state index is 12.9. The average Bonchev–Trinajstić information content (AvgIpc) is 3.23. The molecule has 0 aromatic carbocycles. The highest BCUT2D eigenvalue weighted by molar-refractivity contribution is 6.33. The fraction of sp³-hybridized carbons (Fsp3) is 0.417. The van der Waals surface area contributed by atoms with Crippen molar-refractivity contribution in [3.63, 3.8) is 0 Å². The van der Waals surface area contributed by atoms with E-state index >= 15 is 0 Å². The van der Waals surface area contributed by atoms with Crippen molar-refractivity contribution in [1.82, 2.24) is 19.7 Å². The fourth-order valence-electron chi connectivity index (χ4n) is 3.99. The fourth-order valence-corrected chi connectivity index (χ4v) is 4.19. The average molecular weight is 454 g/mol. The number of fused-ring (bicyclic) bond motifs is 1. The van der Waals surface area contributed by atoms with Gasteiger partial charge < -0.3 is 10.4 Å². The second-order valence-electron chi connectivity index (χ2n) is 9.77. The van der Waals surface area contributed by atoms with Crippen LogP contribution in [0.15, 0.2) is 36.7 Å². The van der Waals surface area contributed by atoms with E-state index < -0.39 is 11.5 Å². The number of hydrogen-bond acceptors (Lipinski definition) is 5. The third-order valence-electron chi connectivity index (χ3n) is 5.80. The Balaban J connectivity index is 1.57. The molecule has 0 aliphatic carbocycles. The molecule has 1 aliphatic heterocycles. The van der Waals surface area contributed by atoms with E-state index in [1.165, 1.54) is 0 Å².